The molecule has 0 saturated carbocycles. The Morgan fingerprint density at radius 1 is 1.17 bits per heavy atom. The van der Waals surface area contributed by atoms with E-state index in [0.29, 0.717) is 28.0 Å². The fourth-order valence-corrected chi connectivity index (χ4v) is 5.27. The number of carboxylic acids is 1. The SMILES string of the molecule is CN1CCN(CCCOc2ccc3ncn(-c4nc(-c5cccc(Cl)c5)c(C(=O)O)s4)c3c2)CC1. The van der Waals surface area contributed by atoms with Gasteiger partial charge in [0.2, 0.25) is 0 Å². The molecule has 0 unspecified atom stereocenters. The lowest BCUT2D eigenvalue weighted by Crippen LogP contribution is -2.44. The van der Waals surface area contributed by atoms with Gasteiger partial charge in [0.1, 0.15) is 17.0 Å². The normalized spacial score (nSPS) is 15.0. The quantitative estimate of drug-likeness (QED) is 0.348. The van der Waals surface area contributed by atoms with Crippen molar-refractivity contribution in [2.75, 3.05) is 46.4 Å². The number of fused-ring (bicyclic) bond motifs is 1. The van der Waals surface area contributed by atoms with E-state index < -0.39 is 5.97 Å². The van der Waals surface area contributed by atoms with Gasteiger partial charge in [-0.25, -0.2) is 14.8 Å². The van der Waals surface area contributed by atoms with Crippen molar-refractivity contribution in [3.05, 3.63) is 58.7 Å². The number of carboxylic acid groups (broad SMARTS) is 1. The number of carbonyl (C=O) groups is 1. The molecule has 1 saturated heterocycles. The molecule has 4 aromatic rings. The highest BCUT2D eigenvalue weighted by Crippen LogP contribution is 2.33. The van der Waals surface area contributed by atoms with Crippen molar-refractivity contribution in [1.29, 1.82) is 0 Å². The Balaban J connectivity index is 1.34. The van der Waals surface area contributed by atoms with Crippen LogP contribution in [-0.2, 0) is 0 Å². The second kappa shape index (κ2) is 10.3. The lowest BCUT2D eigenvalue weighted by atomic mass is 10.1. The van der Waals surface area contributed by atoms with Crippen molar-refractivity contribution in [2.24, 2.45) is 0 Å². The first-order valence-corrected chi connectivity index (χ1v) is 12.7. The minimum Gasteiger partial charge on any atom is -0.493 e. The van der Waals surface area contributed by atoms with Gasteiger partial charge in [-0.3, -0.25) is 4.57 Å². The van der Waals surface area contributed by atoms with Gasteiger partial charge < -0.3 is 19.6 Å². The second-order valence-corrected chi connectivity index (χ2v) is 10.0. The van der Waals surface area contributed by atoms with E-state index in [0.717, 1.165) is 67.3 Å². The highest BCUT2D eigenvalue weighted by Gasteiger charge is 2.21. The molecule has 10 heteroatoms. The third-order valence-corrected chi connectivity index (χ3v) is 7.39. The molecule has 35 heavy (non-hydrogen) atoms. The number of rotatable bonds is 8. The van der Waals surface area contributed by atoms with Crippen LogP contribution in [0.15, 0.2) is 48.8 Å². The van der Waals surface area contributed by atoms with Gasteiger partial charge in [0.05, 0.1) is 23.3 Å². The Kier molecular flexibility index (Phi) is 7.01. The summed E-state index contributed by atoms with van der Waals surface area (Å²) in [7, 11) is 2.16. The predicted molar refractivity (Wildman–Crippen MR) is 138 cm³/mol. The summed E-state index contributed by atoms with van der Waals surface area (Å²) in [5.41, 5.74) is 2.64. The van der Waals surface area contributed by atoms with Crippen LogP contribution in [-0.4, -0.2) is 81.8 Å². The summed E-state index contributed by atoms with van der Waals surface area (Å²) in [6.45, 7) is 6.08. The maximum Gasteiger partial charge on any atom is 0.348 e. The van der Waals surface area contributed by atoms with Crippen molar-refractivity contribution in [3.63, 3.8) is 0 Å². The standard InChI is InChI=1S/C25H26ClN5O3S/c1-29-9-11-30(12-10-29)8-3-13-34-19-6-7-20-21(15-19)31(16-27-20)25-28-22(23(35-25)24(32)33)17-4-2-5-18(26)14-17/h2,4-7,14-16H,3,8-13H2,1H3,(H,32,33). The Labute approximate surface area is 212 Å². The lowest BCUT2D eigenvalue weighted by molar-refractivity contribution is 0.0702. The molecule has 1 N–H and O–H groups in total. The number of hydrogen-bond acceptors (Lipinski definition) is 7. The number of likely N-dealkylation sites (N-methyl/N-ethyl adjacent to an activating group) is 1. The van der Waals surface area contributed by atoms with Gasteiger partial charge in [-0.05, 0) is 37.7 Å². The van der Waals surface area contributed by atoms with Crippen LogP contribution in [0.4, 0.5) is 0 Å². The highest BCUT2D eigenvalue weighted by molar-refractivity contribution is 7.16. The van der Waals surface area contributed by atoms with Gasteiger partial charge in [0, 0.05) is 49.4 Å². The molecular formula is C25H26ClN5O3S. The van der Waals surface area contributed by atoms with Crippen LogP contribution >= 0.6 is 22.9 Å². The summed E-state index contributed by atoms with van der Waals surface area (Å²) >= 11 is 7.23. The number of aromatic nitrogens is 3. The molecule has 0 bridgehead atoms. The molecule has 0 atom stereocenters. The zero-order valence-electron chi connectivity index (χ0n) is 19.4. The summed E-state index contributed by atoms with van der Waals surface area (Å²) in [5.74, 6) is -0.278. The number of aromatic carboxylic acids is 1. The predicted octanol–water partition coefficient (Wildman–Crippen LogP) is 4.52. The Bertz CT molecular complexity index is 1350. The summed E-state index contributed by atoms with van der Waals surface area (Å²) in [4.78, 5) is 26.0. The minimum atomic E-state index is -1.03. The molecular weight excluding hydrogens is 486 g/mol. The summed E-state index contributed by atoms with van der Waals surface area (Å²) < 4.78 is 7.84. The molecule has 2 aromatic carbocycles. The van der Waals surface area contributed by atoms with E-state index in [-0.39, 0.29) is 4.88 Å². The van der Waals surface area contributed by atoms with E-state index in [1.165, 1.54) is 0 Å². The van der Waals surface area contributed by atoms with Gasteiger partial charge in [-0.2, -0.15) is 0 Å². The molecule has 0 spiro atoms. The molecule has 182 valence electrons. The number of halogens is 1. The Morgan fingerprint density at radius 3 is 2.77 bits per heavy atom. The highest BCUT2D eigenvalue weighted by atomic mass is 35.5. The van der Waals surface area contributed by atoms with Gasteiger partial charge in [0.15, 0.2) is 5.13 Å². The van der Waals surface area contributed by atoms with Gasteiger partial charge in [-0.15, -0.1) is 0 Å². The minimum absolute atomic E-state index is 0.153. The number of ether oxygens (including phenoxy) is 1. The zero-order chi connectivity index (χ0) is 24.4. The molecule has 2 aromatic heterocycles. The van der Waals surface area contributed by atoms with Crippen molar-refractivity contribution < 1.29 is 14.6 Å². The second-order valence-electron chi connectivity index (χ2n) is 8.60. The van der Waals surface area contributed by atoms with Crippen molar-refractivity contribution in [3.8, 4) is 22.1 Å². The third kappa shape index (κ3) is 5.33. The van der Waals surface area contributed by atoms with E-state index in [9.17, 15) is 9.90 Å². The largest absolute Gasteiger partial charge is 0.493 e. The Morgan fingerprint density at radius 2 is 2.00 bits per heavy atom. The van der Waals surface area contributed by atoms with Crippen molar-refractivity contribution >= 4 is 39.9 Å². The van der Waals surface area contributed by atoms with Crippen LogP contribution in [0.3, 0.4) is 0 Å². The summed E-state index contributed by atoms with van der Waals surface area (Å²) in [6, 6.07) is 12.8. The number of imidazole rings is 1. The molecule has 8 nitrogen and oxygen atoms in total. The van der Waals surface area contributed by atoms with Gasteiger partial charge in [0.25, 0.3) is 0 Å². The fourth-order valence-electron chi connectivity index (χ4n) is 4.17. The van der Waals surface area contributed by atoms with Crippen molar-refractivity contribution in [2.45, 2.75) is 6.42 Å². The lowest BCUT2D eigenvalue weighted by Gasteiger charge is -2.32. The molecule has 3 heterocycles. The van der Waals surface area contributed by atoms with Crippen LogP contribution in [0.25, 0.3) is 27.4 Å². The number of hydrogen-bond donors (Lipinski definition) is 1. The Hall–Kier alpha value is -2.98. The average molecular weight is 512 g/mol. The molecule has 0 amide bonds. The van der Waals surface area contributed by atoms with Crippen LogP contribution in [0, 0.1) is 0 Å². The van der Waals surface area contributed by atoms with E-state index in [1.807, 2.05) is 18.2 Å². The van der Waals surface area contributed by atoms with E-state index in [2.05, 4.69) is 26.8 Å². The van der Waals surface area contributed by atoms with Gasteiger partial charge >= 0.3 is 5.97 Å². The number of piperazine rings is 1. The molecule has 1 aliphatic rings. The number of nitrogens with zero attached hydrogens (tertiary/aromatic N) is 5. The first-order valence-electron chi connectivity index (χ1n) is 11.5. The van der Waals surface area contributed by atoms with E-state index in [4.69, 9.17) is 16.3 Å². The van der Waals surface area contributed by atoms with Crippen LogP contribution in [0.1, 0.15) is 16.1 Å². The molecule has 0 aliphatic carbocycles. The maximum atomic E-state index is 11.9. The zero-order valence-corrected chi connectivity index (χ0v) is 20.9. The fraction of sp³-hybridized carbons (Fsp3) is 0.320. The van der Waals surface area contributed by atoms with Crippen LogP contribution in [0.5, 0.6) is 5.75 Å². The summed E-state index contributed by atoms with van der Waals surface area (Å²) in [6.07, 6.45) is 2.62. The van der Waals surface area contributed by atoms with E-state index in [1.54, 1.807) is 35.2 Å². The van der Waals surface area contributed by atoms with Crippen LogP contribution in [0.2, 0.25) is 5.02 Å². The number of thiazole rings is 1. The molecule has 1 fully saturated rings. The smallest absolute Gasteiger partial charge is 0.348 e. The monoisotopic (exact) mass is 511 g/mol. The maximum absolute atomic E-state index is 11.9. The number of benzene rings is 2. The average Bonchev–Trinajstić information content (AvgIpc) is 3.47. The first-order chi connectivity index (χ1) is 17.0. The van der Waals surface area contributed by atoms with E-state index >= 15 is 0 Å². The van der Waals surface area contributed by atoms with Gasteiger partial charge in [-0.1, -0.05) is 35.1 Å². The van der Waals surface area contributed by atoms with Crippen LogP contribution < -0.4 is 4.74 Å². The molecule has 0 radical (unpaired) electrons. The first kappa shape index (κ1) is 23.7. The molecule has 1 aliphatic heterocycles. The van der Waals surface area contributed by atoms with Crippen molar-refractivity contribution in [1.82, 2.24) is 24.3 Å². The summed E-state index contributed by atoms with van der Waals surface area (Å²) in [5, 5.41) is 10.8. The third-order valence-electron chi connectivity index (χ3n) is 6.12. The topological polar surface area (TPSA) is 83.7 Å². The molecule has 5 rings (SSSR count).